The molecule has 0 amide bonds. The van der Waals surface area contributed by atoms with E-state index in [1.807, 2.05) is 6.20 Å². The van der Waals surface area contributed by atoms with Crippen molar-refractivity contribution in [3.8, 4) is 0 Å². The van der Waals surface area contributed by atoms with Gasteiger partial charge in [0.25, 0.3) is 0 Å². The van der Waals surface area contributed by atoms with Crippen molar-refractivity contribution in [1.82, 2.24) is 4.37 Å². The normalized spacial score (nSPS) is 20.0. The SMILES string of the molecule is c1cc(C2CCCC2)sn1. The molecule has 0 saturated heterocycles. The summed E-state index contributed by atoms with van der Waals surface area (Å²) in [5, 5.41) is 0. The molecule has 0 spiro atoms. The lowest BCUT2D eigenvalue weighted by Gasteiger charge is -2.01. The highest BCUT2D eigenvalue weighted by atomic mass is 32.1. The van der Waals surface area contributed by atoms with E-state index < -0.39 is 0 Å². The second-order valence-corrected chi connectivity index (χ2v) is 3.76. The molecule has 0 aliphatic heterocycles. The topological polar surface area (TPSA) is 12.9 Å². The third kappa shape index (κ3) is 1.08. The molecule has 0 aromatic carbocycles. The van der Waals surface area contributed by atoms with Gasteiger partial charge in [-0.1, -0.05) is 12.8 Å². The molecule has 1 aromatic heterocycles. The van der Waals surface area contributed by atoms with Crippen LogP contribution < -0.4 is 0 Å². The lowest BCUT2D eigenvalue weighted by molar-refractivity contribution is 0.738. The molecule has 0 N–H and O–H groups in total. The van der Waals surface area contributed by atoms with Gasteiger partial charge in [0.1, 0.15) is 0 Å². The van der Waals surface area contributed by atoms with E-state index in [1.54, 1.807) is 11.5 Å². The van der Waals surface area contributed by atoms with E-state index in [9.17, 15) is 0 Å². The van der Waals surface area contributed by atoms with E-state index in [2.05, 4.69) is 10.4 Å². The summed E-state index contributed by atoms with van der Waals surface area (Å²) in [5.41, 5.74) is 0. The summed E-state index contributed by atoms with van der Waals surface area (Å²) < 4.78 is 4.11. The minimum atomic E-state index is 0.854. The molecule has 2 rings (SSSR count). The summed E-state index contributed by atoms with van der Waals surface area (Å²) in [4.78, 5) is 1.50. The molecule has 1 aliphatic rings. The molecule has 0 atom stereocenters. The number of nitrogens with zero attached hydrogens (tertiary/aromatic N) is 1. The molecule has 0 unspecified atom stereocenters. The maximum atomic E-state index is 4.11. The van der Waals surface area contributed by atoms with E-state index in [1.165, 1.54) is 30.6 Å². The average molecular weight is 153 g/mol. The summed E-state index contributed by atoms with van der Waals surface area (Å²) in [5.74, 6) is 0.854. The monoisotopic (exact) mass is 153 g/mol. The summed E-state index contributed by atoms with van der Waals surface area (Å²) in [6.07, 6.45) is 7.54. The number of aromatic nitrogens is 1. The first kappa shape index (κ1) is 6.35. The van der Waals surface area contributed by atoms with Gasteiger partial charge in [-0.25, -0.2) is 4.37 Å². The Morgan fingerprint density at radius 1 is 1.40 bits per heavy atom. The largest absolute Gasteiger partial charge is 0.201 e. The second kappa shape index (κ2) is 2.70. The van der Waals surface area contributed by atoms with Crippen molar-refractivity contribution < 1.29 is 0 Å². The predicted molar refractivity (Wildman–Crippen MR) is 43.3 cm³/mol. The van der Waals surface area contributed by atoms with Crippen LogP contribution in [-0.2, 0) is 0 Å². The van der Waals surface area contributed by atoms with E-state index in [4.69, 9.17) is 0 Å². The molecule has 10 heavy (non-hydrogen) atoms. The van der Waals surface area contributed by atoms with Crippen molar-refractivity contribution in [3.05, 3.63) is 17.1 Å². The second-order valence-electron chi connectivity index (χ2n) is 2.90. The van der Waals surface area contributed by atoms with Crippen molar-refractivity contribution in [1.29, 1.82) is 0 Å². The smallest absolute Gasteiger partial charge is 0.0409 e. The van der Waals surface area contributed by atoms with E-state index in [-0.39, 0.29) is 0 Å². The molecule has 1 heterocycles. The van der Waals surface area contributed by atoms with Crippen LogP contribution in [0.5, 0.6) is 0 Å². The molecular formula is C8H11NS. The van der Waals surface area contributed by atoms with E-state index in [0.29, 0.717) is 0 Å². The summed E-state index contributed by atoms with van der Waals surface area (Å²) >= 11 is 1.67. The quantitative estimate of drug-likeness (QED) is 0.604. The van der Waals surface area contributed by atoms with Gasteiger partial charge in [-0.2, -0.15) is 0 Å². The first-order chi connectivity index (χ1) is 4.97. The highest BCUT2D eigenvalue weighted by Gasteiger charge is 2.17. The van der Waals surface area contributed by atoms with Gasteiger partial charge in [0.2, 0.25) is 0 Å². The van der Waals surface area contributed by atoms with Crippen molar-refractivity contribution in [3.63, 3.8) is 0 Å². The molecule has 1 aromatic rings. The van der Waals surface area contributed by atoms with E-state index in [0.717, 1.165) is 5.92 Å². The standard InChI is InChI=1S/C8H11NS/c1-2-4-7(3-1)8-5-6-9-10-8/h5-7H,1-4H2. The third-order valence-corrected chi connectivity index (χ3v) is 3.12. The van der Waals surface area contributed by atoms with Gasteiger partial charge >= 0.3 is 0 Å². The fraction of sp³-hybridized carbons (Fsp3) is 0.625. The van der Waals surface area contributed by atoms with Crippen LogP contribution in [0.25, 0.3) is 0 Å². The van der Waals surface area contributed by atoms with Crippen LogP contribution in [-0.4, -0.2) is 4.37 Å². The average Bonchev–Trinajstić information content (AvgIpc) is 2.59. The lowest BCUT2D eigenvalue weighted by atomic mass is 10.1. The Labute approximate surface area is 65.3 Å². The zero-order valence-electron chi connectivity index (χ0n) is 5.92. The molecule has 1 aliphatic carbocycles. The van der Waals surface area contributed by atoms with Crippen LogP contribution in [0.3, 0.4) is 0 Å². The van der Waals surface area contributed by atoms with Crippen LogP contribution in [0, 0.1) is 0 Å². The molecule has 1 fully saturated rings. The Balaban J connectivity index is 2.12. The number of hydrogen-bond acceptors (Lipinski definition) is 2. The minimum Gasteiger partial charge on any atom is -0.201 e. The molecule has 2 heteroatoms. The number of rotatable bonds is 1. The Hall–Kier alpha value is -0.370. The van der Waals surface area contributed by atoms with E-state index >= 15 is 0 Å². The third-order valence-electron chi connectivity index (χ3n) is 2.22. The van der Waals surface area contributed by atoms with Gasteiger partial charge in [0.15, 0.2) is 0 Å². The highest BCUT2D eigenvalue weighted by Crippen LogP contribution is 2.35. The van der Waals surface area contributed by atoms with Gasteiger partial charge in [-0.05, 0) is 36.4 Å². The summed E-state index contributed by atoms with van der Waals surface area (Å²) in [6.45, 7) is 0. The highest BCUT2D eigenvalue weighted by molar-refractivity contribution is 7.05. The van der Waals surface area contributed by atoms with Gasteiger partial charge in [-0.15, -0.1) is 0 Å². The Kier molecular flexibility index (Phi) is 1.72. The fourth-order valence-corrected chi connectivity index (χ4v) is 2.40. The fourth-order valence-electron chi connectivity index (χ4n) is 1.65. The Morgan fingerprint density at radius 3 is 2.80 bits per heavy atom. The van der Waals surface area contributed by atoms with Gasteiger partial charge in [0, 0.05) is 11.1 Å². The van der Waals surface area contributed by atoms with Crippen LogP contribution >= 0.6 is 11.5 Å². The van der Waals surface area contributed by atoms with Crippen molar-refractivity contribution in [2.24, 2.45) is 0 Å². The minimum absolute atomic E-state index is 0.854. The van der Waals surface area contributed by atoms with Gasteiger partial charge in [-0.3, -0.25) is 0 Å². The molecule has 0 radical (unpaired) electrons. The lowest BCUT2D eigenvalue weighted by Crippen LogP contribution is -1.85. The first-order valence-corrected chi connectivity index (χ1v) is 4.65. The van der Waals surface area contributed by atoms with Crippen molar-refractivity contribution in [2.45, 2.75) is 31.6 Å². The van der Waals surface area contributed by atoms with Gasteiger partial charge in [0.05, 0.1) is 0 Å². The predicted octanol–water partition coefficient (Wildman–Crippen LogP) is 2.80. The maximum Gasteiger partial charge on any atom is 0.0409 e. The van der Waals surface area contributed by atoms with Crippen LogP contribution in [0.4, 0.5) is 0 Å². The zero-order valence-corrected chi connectivity index (χ0v) is 6.73. The Bertz CT molecular complexity index is 187. The maximum absolute atomic E-state index is 4.11. The van der Waals surface area contributed by atoms with Crippen LogP contribution in [0.2, 0.25) is 0 Å². The van der Waals surface area contributed by atoms with Crippen molar-refractivity contribution >= 4 is 11.5 Å². The van der Waals surface area contributed by atoms with Crippen LogP contribution in [0.15, 0.2) is 12.3 Å². The Morgan fingerprint density at radius 2 is 2.20 bits per heavy atom. The molecule has 1 saturated carbocycles. The number of hydrogen-bond donors (Lipinski definition) is 0. The molecule has 1 nitrogen and oxygen atoms in total. The van der Waals surface area contributed by atoms with Gasteiger partial charge < -0.3 is 0 Å². The zero-order chi connectivity index (χ0) is 6.81. The van der Waals surface area contributed by atoms with Crippen LogP contribution in [0.1, 0.15) is 36.5 Å². The first-order valence-electron chi connectivity index (χ1n) is 3.87. The molecule has 54 valence electrons. The molecule has 0 bridgehead atoms. The molecular weight excluding hydrogens is 142 g/mol. The summed E-state index contributed by atoms with van der Waals surface area (Å²) in [6, 6.07) is 2.17. The van der Waals surface area contributed by atoms with Crippen molar-refractivity contribution in [2.75, 3.05) is 0 Å². The summed E-state index contributed by atoms with van der Waals surface area (Å²) in [7, 11) is 0.